The van der Waals surface area contributed by atoms with E-state index in [2.05, 4.69) is 74.1 Å². The fourth-order valence-electron chi connectivity index (χ4n) is 11.9. The molecule has 0 bridgehead atoms. The second-order valence-electron chi connectivity index (χ2n) is 27.6. The van der Waals surface area contributed by atoms with Crippen LogP contribution in [0.5, 0.6) is 0 Å². The molecule has 1 aromatic heterocycles. The molecule has 15 atom stereocenters. The third-order valence-corrected chi connectivity index (χ3v) is 20.7. The Morgan fingerprint density at radius 1 is 0.470 bits per heavy atom. The molecule has 115 heavy (non-hydrogen) atoms. The zero-order chi connectivity index (χ0) is 84.3. The molecule has 4 aromatic carbocycles. The lowest BCUT2D eigenvalue weighted by Crippen LogP contribution is -2.63. The minimum atomic E-state index is -1.99. The third kappa shape index (κ3) is 30.7. The number of nitrogens with one attached hydrogen (secondary N) is 14. The number of fused-ring (bicyclic) bond motifs is 1. The molecular formula is C76H104N18O19S2. The van der Waals surface area contributed by atoms with Gasteiger partial charge in [-0.2, -0.15) is 0 Å². The van der Waals surface area contributed by atoms with E-state index < -0.39 is 210 Å². The van der Waals surface area contributed by atoms with E-state index in [1.165, 1.54) is 6.92 Å². The monoisotopic (exact) mass is 1640 g/mol. The van der Waals surface area contributed by atoms with Crippen molar-refractivity contribution in [3.63, 3.8) is 0 Å². The van der Waals surface area contributed by atoms with E-state index in [1.54, 1.807) is 121 Å². The maximum Gasteiger partial charge on any atom is 0.327 e. The number of carboxylic acids is 1. The molecule has 14 amide bonds. The van der Waals surface area contributed by atoms with Crippen LogP contribution in [0.1, 0.15) is 88.0 Å². The molecule has 0 saturated carbocycles. The fourth-order valence-corrected chi connectivity index (χ4v) is 14.3. The van der Waals surface area contributed by atoms with Gasteiger partial charge in [0, 0.05) is 54.3 Å². The summed E-state index contributed by atoms with van der Waals surface area (Å²) in [5.41, 5.74) is 25.6. The van der Waals surface area contributed by atoms with Gasteiger partial charge < -0.3 is 117 Å². The molecule has 624 valence electrons. The van der Waals surface area contributed by atoms with Crippen molar-refractivity contribution in [1.29, 1.82) is 0 Å². The number of hydrogen-bond acceptors (Lipinski definition) is 23. The molecule has 39 heteroatoms. The predicted octanol–water partition coefficient (Wildman–Crippen LogP) is -4.91. The third-order valence-electron chi connectivity index (χ3n) is 18.3. The number of rotatable bonds is 26. The average Bonchev–Trinajstić information content (AvgIpc) is 1.71. The smallest absolute Gasteiger partial charge is 0.327 e. The Morgan fingerprint density at radius 2 is 0.852 bits per heavy atom. The van der Waals surface area contributed by atoms with Crippen LogP contribution in [0.25, 0.3) is 10.9 Å². The number of nitrogens with two attached hydrogens (primary N) is 4. The van der Waals surface area contributed by atoms with Crippen LogP contribution >= 0.6 is 21.6 Å². The van der Waals surface area contributed by atoms with Crippen LogP contribution in [0.3, 0.4) is 0 Å². The molecule has 5 aromatic rings. The molecule has 6 rings (SSSR count). The van der Waals surface area contributed by atoms with E-state index in [4.69, 9.17) is 22.9 Å². The Kier molecular flexibility index (Phi) is 38.4. The highest BCUT2D eigenvalue weighted by Gasteiger charge is 2.40. The summed E-state index contributed by atoms with van der Waals surface area (Å²) in [4.78, 5) is 217. The van der Waals surface area contributed by atoms with Gasteiger partial charge in [-0.25, -0.2) is 4.79 Å². The van der Waals surface area contributed by atoms with Crippen molar-refractivity contribution in [3.8, 4) is 0 Å². The number of primary amides is 1. The lowest BCUT2D eigenvalue weighted by molar-refractivity contribution is -0.142. The first kappa shape index (κ1) is 92.8. The second-order valence-corrected chi connectivity index (χ2v) is 30.1. The number of H-pyrrole nitrogens is 1. The number of carbonyl (C=O) groups excluding carboxylic acids is 14. The Balaban J connectivity index is 1.47. The van der Waals surface area contributed by atoms with Gasteiger partial charge in [-0.05, 0) is 101 Å². The summed E-state index contributed by atoms with van der Waals surface area (Å²) in [5.74, 6) is -17.7. The van der Waals surface area contributed by atoms with Gasteiger partial charge in [-0.15, -0.1) is 0 Å². The molecule has 0 spiro atoms. The highest BCUT2D eigenvalue weighted by atomic mass is 33.1. The number of para-hydroxylation sites is 1. The number of carboxylic acid groups (broad SMARTS) is 1. The van der Waals surface area contributed by atoms with Gasteiger partial charge in [0.25, 0.3) is 0 Å². The van der Waals surface area contributed by atoms with Crippen LogP contribution in [0.4, 0.5) is 0 Å². The number of benzene rings is 4. The number of amides is 14. The summed E-state index contributed by atoms with van der Waals surface area (Å²) in [6.45, 7) is 1.88. The molecule has 1 saturated heterocycles. The summed E-state index contributed by atoms with van der Waals surface area (Å²) in [6.07, 6.45) is -3.48. The predicted molar refractivity (Wildman–Crippen MR) is 425 cm³/mol. The second kappa shape index (κ2) is 47.6. The maximum atomic E-state index is 15.4. The molecule has 1 aliphatic rings. The van der Waals surface area contributed by atoms with Crippen molar-refractivity contribution in [3.05, 3.63) is 144 Å². The van der Waals surface area contributed by atoms with Crippen LogP contribution in [0.15, 0.2) is 121 Å². The van der Waals surface area contributed by atoms with Gasteiger partial charge in [0.05, 0.1) is 37.8 Å². The van der Waals surface area contributed by atoms with E-state index in [0.717, 1.165) is 35.4 Å². The highest BCUT2D eigenvalue weighted by Crippen LogP contribution is 2.25. The quantitative estimate of drug-likeness (QED) is 0.0182. The van der Waals surface area contributed by atoms with Crippen LogP contribution in [0, 0.1) is 0 Å². The summed E-state index contributed by atoms with van der Waals surface area (Å²) in [5, 5.41) is 76.1. The Morgan fingerprint density at radius 3 is 1.30 bits per heavy atom. The van der Waals surface area contributed by atoms with Gasteiger partial charge in [0.1, 0.15) is 72.5 Å². The SMILES string of the molecule is C[C@H](N)C(=O)NCC(=O)N[C@H]1CSSC[C@@H](C(=O)O)NC(=O)[C@H](CO)NC(=O)[C@H]([C@@H](C)O)NC(=O)[C@H](Cc2ccccc2)NC(=O)[C@H]([C@@H](C)O)NC(=O)C(CCCCN)NC(=O)[C@H](Cc2c[nH]c3ccccc23)NC(=O)[C@H](Cc2ccccc2)NC(=O)[C@H](Cc2ccccc2)NC(=O)[C@H](CC(N)=O)NC(=O)[C@H](CCCCN)NC1=O. The average molecular weight is 1640 g/mol. The van der Waals surface area contributed by atoms with Crippen LogP contribution < -0.4 is 92.1 Å². The van der Waals surface area contributed by atoms with Gasteiger partial charge in [0.15, 0.2) is 0 Å². The van der Waals surface area contributed by atoms with Crippen molar-refractivity contribution in [2.24, 2.45) is 22.9 Å². The molecule has 2 heterocycles. The van der Waals surface area contributed by atoms with Crippen molar-refractivity contribution in [1.82, 2.24) is 74.1 Å². The van der Waals surface area contributed by atoms with E-state index in [9.17, 15) is 78.0 Å². The van der Waals surface area contributed by atoms with E-state index in [1.807, 2.05) is 0 Å². The molecule has 0 aliphatic carbocycles. The summed E-state index contributed by atoms with van der Waals surface area (Å²) >= 11 is 0. The normalized spacial score (nSPS) is 23.7. The number of aromatic nitrogens is 1. The summed E-state index contributed by atoms with van der Waals surface area (Å²) in [7, 11) is 1.49. The number of aromatic amines is 1. The summed E-state index contributed by atoms with van der Waals surface area (Å²) in [6, 6.07) is 9.57. The van der Waals surface area contributed by atoms with Gasteiger partial charge in [0.2, 0.25) is 82.7 Å². The lowest BCUT2D eigenvalue weighted by Gasteiger charge is -2.29. The van der Waals surface area contributed by atoms with Crippen LogP contribution in [-0.2, 0) is 97.6 Å². The fraction of sp³-hybridized carbons (Fsp3) is 0.461. The largest absolute Gasteiger partial charge is 0.480 e. The zero-order valence-corrected chi connectivity index (χ0v) is 65.4. The standard InChI is InChI=1S/C76H104N18O19S2/c1-41(79)64(100)82-37-61(99)83-58-39-114-115-40-59(76(112)113)92-72(108)57(38-95)91-75(111)63(43(3)97)94-71(107)54(33-46-23-11-6-12-24-46)90-74(110)62(42(2)96)93-66(102)51(28-16-18-30-78)84-69(105)55(34-47-36-81-49-26-14-13-25-48(47)49)88-68(104)53(32-45-21-9-5-10-22-45)86-67(103)52(31-44-19-7-4-8-20-44)87-70(106)56(35-60(80)98)89-65(101)50(85-73(58)109)27-15-17-29-77/h4-14,19-26,36,41-43,50-59,62-63,81,95-97H,15-18,27-35,37-40,77-79H2,1-3H3,(H2,80,98)(H,82,100)(H,83,99)(H,84,105)(H,85,109)(H,86,103)(H,87,106)(H,88,104)(H,89,101)(H,90,110)(H,91,111)(H,92,108)(H,93,102)(H,94,107)(H,112,113)/t41-,42+,43+,50-,51?,52-,53-,54-,55-,56-,57-,58-,59-,62-,63-/m0/s1. The topological polar surface area (TPSA) is 613 Å². The first-order valence-electron chi connectivity index (χ1n) is 37.4. The maximum absolute atomic E-state index is 15.4. The Hall–Kier alpha value is -11.1. The van der Waals surface area contributed by atoms with Gasteiger partial charge >= 0.3 is 5.97 Å². The first-order chi connectivity index (χ1) is 54.9. The zero-order valence-electron chi connectivity index (χ0n) is 63.8. The van der Waals surface area contributed by atoms with E-state index >= 15 is 14.4 Å². The number of unbranched alkanes of at least 4 members (excludes halogenated alkanes) is 2. The van der Waals surface area contributed by atoms with Crippen molar-refractivity contribution in [2.75, 3.05) is 37.7 Å². The highest BCUT2D eigenvalue weighted by molar-refractivity contribution is 8.76. The number of aliphatic hydroxyl groups excluding tert-OH is 3. The number of carbonyl (C=O) groups is 15. The molecule has 0 radical (unpaired) electrons. The summed E-state index contributed by atoms with van der Waals surface area (Å²) < 4.78 is 0. The van der Waals surface area contributed by atoms with Crippen LogP contribution in [-0.4, -0.2) is 243 Å². The lowest BCUT2D eigenvalue weighted by atomic mass is 10.00. The minimum Gasteiger partial charge on any atom is -0.480 e. The molecule has 1 unspecified atom stereocenters. The molecule has 37 nitrogen and oxygen atoms in total. The van der Waals surface area contributed by atoms with Gasteiger partial charge in [-0.1, -0.05) is 131 Å². The number of aliphatic carboxylic acids is 1. The first-order valence-corrected chi connectivity index (χ1v) is 39.8. The molecule has 26 N–H and O–H groups in total. The minimum absolute atomic E-state index is 0.104. The molecular weight excluding hydrogens is 1530 g/mol. The molecule has 1 fully saturated rings. The number of hydrogen-bond donors (Lipinski definition) is 22. The van der Waals surface area contributed by atoms with Crippen LogP contribution in [0.2, 0.25) is 0 Å². The Labute approximate surface area is 670 Å². The van der Waals surface area contributed by atoms with Crippen molar-refractivity contribution >= 4 is 121 Å². The van der Waals surface area contributed by atoms with Crippen molar-refractivity contribution in [2.45, 2.75) is 182 Å². The number of aliphatic hydroxyl groups is 3. The van der Waals surface area contributed by atoms with Crippen molar-refractivity contribution < 1.29 is 92.3 Å². The van der Waals surface area contributed by atoms with Gasteiger partial charge in [-0.3, -0.25) is 67.1 Å². The van der Waals surface area contributed by atoms with E-state index in [-0.39, 0.29) is 70.9 Å². The Bertz CT molecular complexity index is 4130. The molecule has 1 aliphatic heterocycles. The van der Waals surface area contributed by atoms with E-state index in [0.29, 0.717) is 39.6 Å².